The van der Waals surface area contributed by atoms with Crippen molar-refractivity contribution in [3.8, 4) is 5.75 Å². The van der Waals surface area contributed by atoms with Crippen molar-refractivity contribution in [2.24, 2.45) is 5.92 Å². The monoisotopic (exact) mass is 447 g/mol. The molecule has 2 aromatic carbocycles. The largest absolute Gasteiger partial charge is 0.481 e. The van der Waals surface area contributed by atoms with Gasteiger partial charge < -0.3 is 9.64 Å². The van der Waals surface area contributed by atoms with E-state index in [1.54, 1.807) is 29.2 Å². The van der Waals surface area contributed by atoms with Crippen molar-refractivity contribution < 1.29 is 23.5 Å². The number of nitrogens with one attached hydrogen (secondary N) is 2. The highest BCUT2D eigenvalue weighted by Crippen LogP contribution is 2.20. The summed E-state index contributed by atoms with van der Waals surface area (Å²) >= 11 is 5.85. The number of hydrogen-bond donors (Lipinski definition) is 2. The summed E-state index contributed by atoms with van der Waals surface area (Å²) in [4.78, 5) is 38.8. The fourth-order valence-electron chi connectivity index (χ4n) is 3.22. The molecule has 2 N–H and O–H groups in total. The molecule has 164 valence electrons. The molecule has 3 rings (SSSR count). The molecule has 1 fully saturated rings. The van der Waals surface area contributed by atoms with Crippen LogP contribution in [0.1, 0.15) is 30.1 Å². The Morgan fingerprint density at radius 1 is 1.03 bits per heavy atom. The van der Waals surface area contributed by atoms with Crippen LogP contribution in [-0.4, -0.2) is 41.8 Å². The van der Waals surface area contributed by atoms with E-state index in [0.29, 0.717) is 42.3 Å². The molecule has 2 aromatic rings. The maximum absolute atomic E-state index is 12.9. The molecular weight excluding hydrogens is 425 g/mol. The molecule has 0 radical (unpaired) electrons. The molecule has 1 unspecified atom stereocenters. The van der Waals surface area contributed by atoms with Gasteiger partial charge in [-0.25, -0.2) is 4.39 Å². The van der Waals surface area contributed by atoms with Gasteiger partial charge in [-0.15, -0.1) is 0 Å². The lowest BCUT2D eigenvalue weighted by atomic mass is 9.95. The smallest absolute Gasteiger partial charge is 0.279 e. The van der Waals surface area contributed by atoms with Gasteiger partial charge in [0.2, 0.25) is 5.91 Å². The minimum Gasteiger partial charge on any atom is -0.481 e. The second kappa shape index (κ2) is 10.3. The zero-order chi connectivity index (χ0) is 22.4. The Morgan fingerprint density at radius 3 is 2.26 bits per heavy atom. The highest BCUT2D eigenvalue weighted by molar-refractivity contribution is 6.30. The Bertz CT molecular complexity index is 929. The van der Waals surface area contributed by atoms with Crippen molar-refractivity contribution in [1.29, 1.82) is 0 Å². The third kappa shape index (κ3) is 6.18. The molecule has 0 aromatic heterocycles. The van der Waals surface area contributed by atoms with E-state index in [4.69, 9.17) is 16.3 Å². The van der Waals surface area contributed by atoms with Crippen LogP contribution in [0, 0.1) is 11.7 Å². The van der Waals surface area contributed by atoms with E-state index in [9.17, 15) is 18.8 Å². The Kier molecular flexibility index (Phi) is 7.46. The van der Waals surface area contributed by atoms with Crippen LogP contribution in [0.4, 0.5) is 4.39 Å². The average Bonchev–Trinajstić information content (AvgIpc) is 2.79. The van der Waals surface area contributed by atoms with E-state index < -0.39 is 17.8 Å². The van der Waals surface area contributed by atoms with Crippen molar-refractivity contribution >= 4 is 29.3 Å². The van der Waals surface area contributed by atoms with Gasteiger partial charge in [0, 0.05) is 29.6 Å². The van der Waals surface area contributed by atoms with Gasteiger partial charge >= 0.3 is 0 Å². The number of amides is 3. The lowest BCUT2D eigenvalue weighted by Crippen LogP contribution is -2.51. The molecule has 1 aliphatic rings. The SMILES string of the molecule is CC(Oc1ccc(F)cc1)C(=O)NNC(=O)C1CCN(C(=O)c2ccc(Cl)cc2)CC1. The number of likely N-dealkylation sites (tertiary alicyclic amines) is 1. The minimum absolute atomic E-state index is 0.101. The summed E-state index contributed by atoms with van der Waals surface area (Å²) in [5.74, 6) is -1.34. The van der Waals surface area contributed by atoms with Crippen molar-refractivity contribution in [2.75, 3.05) is 13.1 Å². The van der Waals surface area contributed by atoms with Crippen molar-refractivity contribution in [2.45, 2.75) is 25.9 Å². The summed E-state index contributed by atoms with van der Waals surface area (Å²) in [5.41, 5.74) is 5.31. The van der Waals surface area contributed by atoms with Crippen molar-refractivity contribution in [1.82, 2.24) is 15.8 Å². The van der Waals surface area contributed by atoms with E-state index in [0.717, 1.165) is 0 Å². The molecule has 9 heteroatoms. The molecule has 31 heavy (non-hydrogen) atoms. The Labute approximate surface area is 184 Å². The number of nitrogens with zero attached hydrogens (tertiary/aromatic N) is 1. The summed E-state index contributed by atoms with van der Waals surface area (Å²) in [5, 5.41) is 0.561. The number of carbonyl (C=O) groups is 3. The summed E-state index contributed by atoms with van der Waals surface area (Å²) in [6.07, 6.45) is 0.0929. The standard InChI is InChI=1S/C22H23ClFN3O4/c1-14(31-19-8-6-18(24)7-9-19)20(28)25-26-21(29)15-10-12-27(13-11-15)22(30)16-2-4-17(23)5-3-16/h2-9,14-15H,10-13H2,1H3,(H,25,28)(H,26,29). The van der Waals surface area contributed by atoms with Crippen LogP contribution >= 0.6 is 11.6 Å². The average molecular weight is 448 g/mol. The number of ether oxygens (including phenoxy) is 1. The van der Waals surface area contributed by atoms with Gasteiger partial charge in [0.05, 0.1) is 0 Å². The van der Waals surface area contributed by atoms with Crippen LogP contribution in [0.2, 0.25) is 5.02 Å². The van der Waals surface area contributed by atoms with Crippen LogP contribution in [0.5, 0.6) is 5.75 Å². The molecule has 3 amide bonds. The predicted molar refractivity (Wildman–Crippen MR) is 113 cm³/mol. The van der Waals surface area contributed by atoms with Crippen LogP contribution < -0.4 is 15.6 Å². The number of carbonyl (C=O) groups excluding carboxylic acids is 3. The molecular formula is C22H23ClFN3O4. The van der Waals surface area contributed by atoms with Crippen LogP contribution in [-0.2, 0) is 9.59 Å². The first-order valence-electron chi connectivity index (χ1n) is 9.90. The fourth-order valence-corrected chi connectivity index (χ4v) is 3.34. The van der Waals surface area contributed by atoms with Gasteiger partial charge in [-0.2, -0.15) is 0 Å². The van der Waals surface area contributed by atoms with Gasteiger partial charge in [-0.05, 0) is 68.3 Å². The third-order valence-corrected chi connectivity index (χ3v) is 5.30. The number of rotatable bonds is 5. The molecule has 0 aliphatic carbocycles. The quantitative estimate of drug-likeness (QED) is 0.690. The lowest BCUT2D eigenvalue weighted by Gasteiger charge is -2.31. The van der Waals surface area contributed by atoms with E-state index in [2.05, 4.69) is 10.9 Å². The van der Waals surface area contributed by atoms with Crippen LogP contribution in [0.25, 0.3) is 0 Å². The highest BCUT2D eigenvalue weighted by Gasteiger charge is 2.28. The molecule has 1 atom stereocenters. The van der Waals surface area contributed by atoms with Crippen LogP contribution in [0.3, 0.4) is 0 Å². The molecule has 1 saturated heterocycles. The van der Waals surface area contributed by atoms with Crippen molar-refractivity contribution in [3.05, 3.63) is 64.9 Å². The Balaban J connectivity index is 1.42. The number of hydrogen-bond acceptors (Lipinski definition) is 4. The van der Waals surface area contributed by atoms with Gasteiger partial charge in [-0.3, -0.25) is 25.2 Å². The molecule has 0 spiro atoms. The second-order valence-corrected chi connectivity index (χ2v) is 7.70. The Morgan fingerprint density at radius 2 is 1.65 bits per heavy atom. The zero-order valence-electron chi connectivity index (χ0n) is 16.9. The summed E-state index contributed by atoms with van der Waals surface area (Å²) in [6, 6.07) is 12.0. The first kappa shape index (κ1) is 22.6. The first-order valence-corrected chi connectivity index (χ1v) is 10.3. The van der Waals surface area contributed by atoms with Crippen molar-refractivity contribution in [3.63, 3.8) is 0 Å². The second-order valence-electron chi connectivity index (χ2n) is 7.27. The summed E-state index contributed by atoms with van der Waals surface area (Å²) in [6.45, 7) is 2.40. The maximum atomic E-state index is 12.9. The molecule has 1 aliphatic heterocycles. The molecule has 0 saturated carbocycles. The van der Waals surface area contributed by atoms with Gasteiger partial charge in [0.25, 0.3) is 11.8 Å². The van der Waals surface area contributed by atoms with E-state index in [1.807, 2.05) is 0 Å². The highest BCUT2D eigenvalue weighted by atomic mass is 35.5. The summed E-state index contributed by atoms with van der Waals surface area (Å²) in [7, 11) is 0. The topological polar surface area (TPSA) is 87.7 Å². The number of hydrazine groups is 1. The van der Waals surface area contributed by atoms with E-state index in [-0.39, 0.29) is 17.7 Å². The third-order valence-electron chi connectivity index (χ3n) is 5.05. The van der Waals surface area contributed by atoms with E-state index >= 15 is 0 Å². The zero-order valence-corrected chi connectivity index (χ0v) is 17.7. The molecule has 1 heterocycles. The first-order chi connectivity index (χ1) is 14.8. The van der Waals surface area contributed by atoms with Gasteiger partial charge in [0.1, 0.15) is 11.6 Å². The molecule has 0 bridgehead atoms. The number of halogens is 2. The maximum Gasteiger partial charge on any atom is 0.279 e. The predicted octanol–water partition coefficient (Wildman–Crippen LogP) is 2.95. The van der Waals surface area contributed by atoms with Gasteiger partial charge in [-0.1, -0.05) is 11.6 Å². The normalized spacial score (nSPS) is 15.1. The van der Waals surface area contributed by atoms with Crippen LogP contribution in [0.15, 0.2) is 48.5 Å². The number of piperidine rings is 1. The lowest BCUT2D eigenvalue weighted by molar-refractivity contribution is -0.134. The van der Waals surface area contributed by atoms with E-state index in [1.165, 1.54) is 31.2 Å². The fraction of sp³-hybridized carbons (Fsp3) is 0.318. The minimum atomic E-state index is -0.885. The molecule has 7 nitrogen and oxygen atoms in total. The van der Waals surface area contributed by atoms with Gasteiger partial charge in [0.15, 0.2) is 6.10 Å². The number of benzene rings is 2. The summed E-state index contributed by atoms with van der Waals surface area (Å²) < 4.78 is 18.3. The Hall–Kier alpha value is -3.13.